The number of carbonyl (C=O) groups is 1. The standard InChI is InChI=1S/C17H20N4O2S/c1-13(22)17-18-6-4-16(19-17)21-10-8-20(9-11-21)7-5-14(23)15-3-2-12-24-15/h2-7,12-13,22H,8-11H2,1H3/b7-5+/t13-/m1/s1. The van der Waals surface area contributed by atoms with Crippen molar-refractivity contribution < 1.29 is 9.90 Å². The fourth-order valence-corrected chi connectivity index (χ4v) is 3.16. The molecule has 1 aliphatic rings. The summed E-state index contributed by atoms with van der Waals surface area (Å²) in [5.41, 5.74) is 0. The Bertz CT molecular complexity index is 707. The van der Waals surface area contributed by atoms with E-state index in [1.54, 1.807) is 19.2 Å². The lowest BCUT2D eigenvalue weighted by Gasteiger charge is -2.34. The number of hydrogen-bond donors (Lipinski definition) is 1. The average molecular weight is 344 g/mol. The molecule has 0 unspecified atom stereocenters. The van der Waals surface area contributed by atoms with Crippen molar-refractivity contribution >= 4 is 22.9 Å². The first-order valence-corrected chi connectivity index (χ1v) is 8.77. The fourth-order valence-electron chi connectivity index (χ4n) is 2.52. The minimum absolute atomic E-state index is 0.0461. The topological polar surface area (TPSA) is 69.6 Å². The summed E-state index contributed by atoms with van der Waals surface area (Å²) in [4.78, 5) is 25.5. The van der Waals surface area contributed by atoms with Crippen LogP contribution >= 0.6 is 11.3 Å². The maximum atomic E-state index is 12.0. The van der Waals surface area contributed by atoms with Crippen LogP contribution in [0, 0.1) is 0 Å². The Morgan fingerprint density at radius 3 is 2.79 bits per heavy atom. The molecule has 3 rings (SSSR count). The number of ketones is 1. The fraction of sp³-hybridized carbons (Fsp3) is 0.353. The highest BCUT2D eigenvalue weighted by atomic mass is 32.1. The summed E-state index contributed by atoms with van der Waals surface area (Å²) in [5.74, 6) is 1.32. The van der Waals surface area contributed by atoms with Crippen LogP contribution in [-0.2, 0) is 0 Å². The molecule has 1 atom stereocenters. The molecule has 2 aromatic rings. The molecule has 0 saturated carbocycles. The van der Waals surface area contributed by atoms with Crippen molar-refractivity contribution in [3.8, 4) is 0 Å². The zero-order chi connectivity index (χ0) is 16.9. The molecule has 1 N–H and O–H groups in total. The predicted molar refractivity (Wildman–Crippen MR) is 94.2 cm³/mol. The molecule has 0 spiro atoms. The molecule has 6 nitrogen and oxygen atoms in total. The van der Waals surface area contributed by atoms with Crippen LogP contribution in [0.3, 0.4) is 0 Å². The van der Waals surface area contributed by atoms with Gasteiger partial charge in [-0.15, -0.1) is 11.3 Å². The highest BCUT2D eigenvalue weighted by Crippen LogP contribution is 2.16. The molecule has 0 bridgehead atoms. The number of aliphatic hydroxyl groups excluding tert-OH is 1. The van der Waals surface area contributed by atoms with Gasteiger partial charge in [0.05, 0.1) is 4.88 Å². The van der Waals surface area contributed by atoms with Gasteiger partial charge in [0.15, 0.2) is 11.6 Å². The first-order valence-electron chi connectivity index (χ1n) is 7.89. The summed E-state index contributed by atoms with van der Waals surface area (Å²) in [6.45, 7) is 4.93. The van der Waals surface area contributed by atoms with Gasteiger partial charge in [-0.2, -0.15) is 0 Å². The van der Waals surface area contributed by atoms with E-state index < -0.39 is 6.10 Å². The Morgan fingerprint density at radius 1 is 1.33 bits per heavy atom. The van der Waals surface area contributed by atoms with Crippen LogP contribution in [-0.4, -0.2) is 51.9 Å². The van der Waals surface area contributed by atoms with Gasteiger partial charge in [-0.05, 0) is 24.4 Å². The molecule has 0 aliphatic carbocycles. The van der Waals surface area contributed by atoms with Gasteiger partial charge < -0.3 is 14.9 Å². The Hall–Kier alpha value is -2.25. The normalized spacial score (nSPS) is 16.6. The van der Waals surface area contributed by atoms with E-state index >= 15 is 0 Å². The Morgan fingerprint density at radius 2 is 2.12 bits per heavy atom. The van der Waals surface area contributed by atoms with Crippen molar-refractivity contribution in [1.82, 2.24) is 14.9 Å². The lowest BCUT2D eigenvalue weighted by atomic mass is 10.3. The summed E-state index contributed by atoms with van der Waals surface area (Å²) in [5, 5.41) is 11.5. The van der Waals surface area contributed by atoms with Crippen molar-refractivity contribution in [2.45, 2.75) is 13.0 Å². The van der Waals surface area contributed by atoms with Crippen molar-refractivity contribution in [3.05, 3.63) is 52.8 Å². The van der Waals surface area contributed by atoms with E-state index in [2.05, 4.69) is 19.8 Å². The predicted octanol–water partition coefficient (Wildman–Crippen LogP) is 2.11. The van der Waals surface area contributed by atoms with Gasteiger partial charge in [0.25, 0.3) is 0 Å². The van der Waals surface area contributed by atoms with E-state index in [1.807, 2.05) is 29.8 Å². The van der Waals surface area contributed by atoms with Crippen LogP contribution in [0.5, 0.6) is 0 Å². The molecule has 0 aromatic carbocycles. The molecule has 24 heavy (non-hydrogen) atoms. The zero-order valence-corrected chi connectivity index (χ0v) is 14.3. The van der Waals surface area contributed by atoms with Gasteiger partial charge in [0, 0.05) is 44.7 Å². The first kappa shape index (κ1) is 16.6. The van der Waals surface area contributed by atoms with E-state index in [1.165, 1.54) is 11.3 Å². The van der Waals surface area contributed by atoms with E-state index in [0.29, 0.717) is 5.82 Å². The third-order valence-corrected chi connectivity index (χ3v) is 4.76. The van der Waals surface area contributed by atoms with Gasteiger partial charge in [-0.1, -0.05) is 6.07 Å². The maximum Gasteiger partial charge on any atom is 0.197 e. The van der Waals surface area contributed by atoms with Gasteiger partial charge >= 0.3 is 0 Å². The van der Waals surface area contributed by atoms with Crippen molar-refractivity contribution in [2.75, 3.05) is 31.1 Å². The smallest absolute Gasteiger partial charge is 0.197 e. The lowest BCUT2D eigenvalue weighted by Crippen LogP contribution is -2.44. The Balaban J connectivity index is 1.56. The number of piperazine rings is 1. The quantitative estimate of drug-likeness (QED) is 0.662. The number of aromatic nitrogens is 2. The molecule has 1 saturated heterocycles. The van der Waals surface area contributed by atoms with Crippen molar-refractivity contribution in [2.24, 2.45) is 0 Å². The minimum Gasteiger partial charge on any atom is -0.385 e. The second-order valence-corrected chi connectivity index (χ2v) is 6.58. The minimum atomic E-state index is -0.669. The number of carbonyl (C=O) groups excluding carboxylic acids is 1. The second kappa shape index (κ2) is 7.55. The van der Waals surface area contributed by atoms with Gasteiger partial charge in [0.1, 0.15) is 11.9 Å². The van der Waals surface area contributed by atoms with Crippen molar-refractivity contribution in [3.63, 3.8) is 0 Å². The van der Waals surface area contributed by atoms with Gasteiger partial charge in [-0.25, -0.2) is 9.97 Å². The monoisotopic (exact) mass is 344 g/mol. The lowest BCUT2D eigenvalue weighted by molar-refractivity contribution is 0.104. The number of rotatable bonds is 5. The number of aliphatic hydroxyl groups is 1. The molecule has 2 aromatic heterocycles. The van der Waals surface area contributed by atoms with Crippen LogP contribution in [0.2, 0.25) is 0 Å². The number of allylic oxidation sites excluding steroid dienone is 1. The number of hydrogen-bond acceptors (Lipinski definition) is 7. The van der Waals surface area contributed by atoms with E-state index in [0.717, 1.165) is 36.9 Å². The molecular weight excluding hydrogens is 324 g/mol. The molecule has 3 heterocycles. The van der Waals surface area contributed by atoms with E-state index in [-0.39, 0.29) is 5.78 Å². The number of thiophene rings is 1. The summed E-state index contributed by atoms with van der Waals surface area (Å²) in [7, 11) is 0. The van der Waals surface area contributed by atoms with Gasteiger partial charge in [-0.3, -0.25) is 4.79 Å². The third-order valence-electron chi connectivity index (χ3n) is 3.87. The summed E-state index contributed by atoms with van der Waals surface area (Å²) >= 11 is 1.46. The third kappa shape index (κ3) is 3.98. The highest BCUT2D eigenvalue weighted by molar-refractivity contribution is 7.12. The largest absolute Gasteiger partial charge is 0.385 e. The highest BCUT2D eigenvalue weighted by Gasteiger charge is 2.17. The maximum absolute atomic E-state index is 12.0. The Kier molecular flexibility index (Phi) is 5.22. The Labute approximate surface area is 145 Å². The molecule has 7 heteroatoms. The summed E-state index contributed by atoms with van der Waals surface area (Å²) in [6, 6.07) is 5.58. The SMILES string of the molecule is C[C@@H](O)c1nccc(N2CCN(/C=C/C(=O)c3cccs3)CC2)n1. The number of anilines is 1. The summed E-state index contributed by atoms with van der Waals surface area (Å²) < 4.78 is 0. The average Bonchev–Trinajstić information content (AvgIpc) is 3.15. The van der Waals surface area contributed by atoms with Crippen molar-refractivity contribution in [1.29, 1.82) is 0 Å². The molecule has 0 amide bonds. The first-order chi connectivity index (χ1) is 11.6. The van der Waals surface area contributed by atoms with Gasteiger partial charge in [0.2, 0.25) is 0 Å². The molecule has 1 aliphatic heterocycles. The van der Waals surface area contributed by atoms with Crippen LogP contribution in [0.4, 0.5) is 5.82 Å². The molecule has 0 radical (unpaired) electrons. The molecule has 1 fully saturated rings. The van der Waals surface area contributed by atoms with E-state index in [4.69, 9.17) is 0 Å². The van der Waals surface area contributed by atoms with Crippen LogP contribution in [0.15, 0.2) is 42.1 Å². The molecular formula is C17H20N4O2S. The zero-order valence-electron chi connectivity index (χ0n) is 13.5. The van der Waals surface area contributed by atoms with Crippen LogP contribution in [0.25, 0.3) is 0 Å². The second-order valence-electron chi connectivity index (χ2n) is 5.63. The molecule has 126 valence electrons. The number of nitrogens with zero attached hydrogens (tertiary/aromatic N) is 4. The summed E-state index contributed by atoms with van der Waals surface area (Å²) in [6.07, 6.45) is 4.52. The van der Waals surface area contributed by atoms with Crippen LogP contribution < -0.4 is 4.90 Å². The van der Waals surface area contributed by atoms with Crippen LogP contribution in [0.1, 0.15) is 28.5 Å². The van der Waals surface area contributed by atoms with E-state index in [9.17, 15) is 9.90 Å².